The van der Waals surface area contributed by atoms with Crippen LogP contribution in [0.1, 0.15) is 65.2 Å². The Hall–Kier alpha value is -0.470. The Kier molecular flexibility index (Phi) is 5.30. The van der Waals surface area contributed by atoms with Crippen molar-refractivity contribution in [2.24, 2.45) is 52.8 Å². The molecule has 6 aliphatic carbocycles. The molecule has 1 spiro atoms. The zero-order chi connectivity index (χ0) is 21.2. The minimum absolute atomic E-state index is 0.224. The van der Waals surface area contributed by atoms with Crippen LogP contribution in [0, 0.1) is 52.8 Å². The van der Waals surface area contributed by atoms with Crippen molar-refractivity contribution in [1.82, 2.24) is 0 Å². The summed E-state index contributed by atoms with van der Waals surface area (Å²) in [6, 6.07) is 0. The summed E-state index contributed by atoms with van der Waals surface area (Å²) in [6.45, 7) is 9.97. The third kappa shape index (κ3) is 3.06. The minimum atomic E-state index is 0.224. The molecule has 4 fully saturated rings. The van der Waals surface area contributed by atoms with E-state index in [1.54, 1.807) is 6.42 Å². The number of hydrogen-bond acceptors (Lipinski definition) is 2. The van der Waals surface area contributed by atoms with Crippen molar-refractivity contribution in [2.75, 3.05) is 18.1 Å². The van der Waals surface area contributed by atoms with Gasteiger partial charge in [0.25, 0.3) is 0 Å². The van der Waals surface area contributed by atoms with E-state index in [9.17, 15) is 0 Å². The van der Waals surface area contributed by atoms with E-state index in [0.717, 1.165) is 53.4 Å². The third-order valence-corrected chi connectivity index (χ3v) is 12.2. The monoisotopic (exact) mass is 438 g/mol. The Balaban J connectivity index is 0.921. The highest BCUT2D eigenvalue weighted by atomic mass is 32.2. The van der Waals surface area contributed by atoms with Crippen LogP contribution < -0.4 is 0 Å². The molecule has 4 saturated carbocycles. The first-order valence-corrected chi connectivity index (χ1v) is 14.4. The van der Waals surface area contributed by atoms with Crippen molar-refractivity contribution in [2.45, 2.75) is 70.8 Å². The highest BCUT2D eigenvalue weighted by molar-refractivity contribution is 7.99. The Morgan fingerprint density at radius 2 is 2.00 bits per heavy atom. The van der Waals surface area contributed by atoms with E-state index in [1.165, 1.54) is 62.0 Å². The van der Waals surface area contributed by atoms with Gasteiger partial charge in [-0.3, -0.25) is 0 Å². The molecule has 10 atom stereocenters. The number of fused-ring (bicyclic) bond motifs is 2. The van der Waals surface area contributed by atoms with Crippen molar-refractivity contribution in [3.8, 4) is 0 Å². The molecule has 6 aliphatic rings. The normalized spacial score (nSPS) is 50.8. The van der Waals surface area contributed by atoms with Crippen LogP contribution in [0.4, 0.5) is 0 Å². The van der Waals surface area contributed by atoms with Gasteiger partial charge in [0, 0.05) is 5.75 Å². The predicted octanol–water partition coefficient (Wildman–Crippen LogP) is 7.30. The highest BCUT2D eigenvalue weighted by Gasteiger charge is 2.80. The number of thioether (sulfide) groups is 1. The van der Waals surface area contributed by atoms with E-state index < -0.39 is 0 Å². The standard InChI is InChI=1S/C29H42OS/c1-4-20-14-26-19(2)7-5-8-22(26)13-21(20)9-6-11-31-12-10-30-28(3)25-16-23-15-24-17-27(28)29(23,24)18-25/h4-5,7,14,19,21-27H,1,6,8-13,15-18H2,2-3H3. The van der Waals surface area contributed by atoms with E-state index in [4.69, 9.17) is 4.74 Å². The Labute approximate surface area is 194 Å². The average Bonchev–Trinajstić information content (AvgIpc) is 3.23. The molecule has 2 heteroatoms. The summed E-state index contributed by atoms with van der Waals surface area (Å²) < 4.78 is 6.67. The van der Waals surface area contributed by atoms with Crippen LogP contribution in [0.15, 0.2) is 36.5 Å². The maximum Gasteiger partial charge on any atom is 0.0716 e. The van der Waals surface area contributed by atoms with Crippen LogP contribution in [-0.4, -0.2) is 23.7 Å². The van der Waals surface area contributed by atoms with Crippen molar-refractivity contribution < 1.29 is 4.74 Å². The fraction of sp³-hybridized carbons (Fsp3) is 0.793. The Morgan fingerprint density at radius 1 is 1.16 bits per heavy atom. The molecule has 0 heterocycles. The zero-order valence-corrected chi connectivity index (χ0v) is 20.5. The van der Waals surface area contributed by atoms with Crippen molar-refractivity contribution in [3.05, 3.63) is 36.5 Å². The lowest BCUT2D eigenvalue weighted by molar-refractivity contribution is -0.248. The largest absolute Gasteiger partial charge is 0.374 e. The lowest BCUT2D eigenvalue weighted by Gasteiger charge is -2.69. The van der Waals surface area contributed by atoms with Crippen LogP contribution in [0.5, 0.6) is 0 Å². The number of ether oxygens (including phenoxy) is 1. The summed E-state index contributed by atoms with van der Waals surface area (Å²) in [7, 11) is 0. The molecule has 0 aromatic carbocycles. The summed E-state index contributed by atoms with van der Waals surface area (Å²) in [5.41, 5.74) is 2.53. The van der Waals surface area contributed by atoms with E-state index in [0.29, 0.717) is 5.92 Å². The number of allylic oxidation sites excluding steroid dienone is 5. The molecule has 31 heavy (non-hydrogen) atoms. The van der Waals surface area contributed by atoms with Gasteiger partial charge >= 0.3 is 0 Å². The van der Waals surface area contributed by atoms with Gasteiger partial charge in [0.05, 0.1) is 12.2 Å². The highest BCUT2D eigenvalue weighted by Crippen LogP contribution is 2.84. The molecule has 6 rings (SSSR count). The zero-order valence-electron chi connectivity index (χ0n) is 19.7. The van der Waals surface area contributed by atoms with Gasteiger partial charge in [0.1, 0.15) is 0 Å². The van der Waals surface area contributed by atoms with Gasteiger partial charge in [-0.1, -0.05) is 37.8 Å². The number of rotatable bonds is 9. The average molecular weight is 439 g/mol. The van der Waals surface area contributed by atoms with Crippen molar-refractivity contribution >= 4 is 11.8 Å². The molecule has 0 aliphatic heterocycles. The molecule has 0 aromatic rings. The summed E-state index contributed by atoms with van der Waals surface area (Å²) in [4.78, 5) is 0. The first kappa shape index (κ1) is 21.1. The lowest BCUT2D eigenvalue weighted by atomic mass is 9.36. The smallest absolute Gasteiger partial charge is 0.0716 e. The van der Waals surface area contributed by atoms with E-state index in [2.05, 4.69) is 56.5 Å². The van der Waals surface area contributed by atoms with Gasteiger partial charge in [-0.05, 0) is 122 Å². The minimum Gasteiger partial charge on any atom is -0.374 e. The SMILES string of the molecule is C=CC1=CC2C(C)C=CCC2CC1CCCSCCOC1(C)C2CC3CC4CC1C34C2. The molecule has 0 saturated heterocycles. The first-order chi connectivity index (χ1) is 15.1. The van der Waals surface area contributed by atoms with Crippen LogP contribution in [-0.2, 0) is 4.74 Å². The molecule has 0 aromatic heterocycles. The lowest BCUT2D eigenvalue weighted by Crippen LogP contribution is -2.66. The fourth-order valence-electron chi connectivity index (χ4n) is 9.49. The van der Waals surface area contributed by atoms with E-state index in [-0.39, 0.29) is 5.60 Å². The van der Waals surface area contributed by atoms with Crippen LogP contribution in [0.2, 0.25) is 0 Å². The van der Waals surface area contributed by atoms with Gasteiger partial charge in [-0.2, -0.15) is 11.8 Å². The van der Waals surface area contributed by atoms with Crippen LogP contribution in [0.25, 0.3) is 0 Å². The molecule has 170 valence electrons. The Bertz CT molecular complexity index is 784. The molecule has 10 unspecified atom stereocenters. The maximum absolute atomic E-state index is 6.67. The van der Waals surface area contributed by atoms with Crippen LogP contribution >= 0.6 is 11.8 Å². The van der Waals surface area contributed by atoms with Crippen molar-refractivity contribution in [1.29, 1.82) is 0 Å². The molecule has 2 bridgehead atoms. The molecule has 1 nitrogen and oxygen atoms in total. The summed E-state index contributed by atoms with van der Waals surface area (Å²) >= 11 is 2.12. The molecular formula is C29H42OS. The van der Waals surface area contributed by atoms with Gasteiger partial charge in [-0.15, -0.1) is 0 Å². The van der Waals surface area contributed by atoms with E-state index in [1.807, 2.05) is 0 Å². The summed E-state index contributed by atoms with van der Waals surface area (Å²) in [6.07, 6.45) is 20.9. The van der Waals surface area contributed by atoms with Gasteiger partial charge in [0.2, 0.25) is 0 Å². The van der Waals surface area contributed by atoms with Gasteiger partial charge < -0.3 is 4.74 Å². The molecule has 0 N–H and O–H groups in total. The Morgan fingerprint density at radius 3 is 2.81 bits per heavy atom. The predicted molar refractivity (Wildman–Crippen MR) is 132 cm³/mol. The third-order valence-electron chi connectivity index (χ3n) is 11.1. The summed E-state index contributed by atoms with van der Waals surface area (Å²) in [5.74, 6) is 9.45. The fourth-order valence-corrected chi connectivity index (χ4v) is 10.3. The molecule has 0 amide bonds. The topological polar surface area (TPSA) is 9.23 Å². The second-order valence-electron chi connectivity index (χ2n) is 12.1. The van der Waals surface area contributed by atoms with E-state index >= 15 is 0 Å². The van der Waals surface area contributed by atoms with Gasteiger partial charge in [0.15, 0.2) is 0 Å². The molecule has 0 radical (unpaired) electrons. The quantitative estimate of drug-likeness (QED) is 0.276. The summed E-state index contributed by atoms with van der Waals surface area (Å²) in [5, 5.41) is 0. The van der Waals surface area contributed by atoms with Crippen molar-refractivity contribution in [3.63, 3.8) is 0 Å². The van der Waals surface area contributed by atoms with Crippen LogP contribution in [0.3, 0.4) is 0 Å². The van der Waals surface area contributed by atoms with Gasteiger partial charge in [-0.25, -0.2) is 0 Å². The molecular weight excluding hydrogens is 396 g/mol. The number of hydrogen-bond donors (Lipinski definition) is 0. The second-order valence-corrected chi connectivity index (χ2v) is 13.3. The second kappa shape index (κ2) is 7.79. The first-order valence-electron chi connectivity index (χ1n) is 13.3. The maximum atomic E-state index is 6.67.